The number of aliphatic hydroxyl groups excluding tert-OH is 1. The second kappa shape index (κ2) is 4.47. The second-order valence-electron chi connectivity index (χ2n) is 3.19. The van der Waals surface area contributed by atoms with Crippen LogP contribution >= 0.6 is 11.6 Å². The van der Waals surface area contributed by atoms with Gasteiger partial charge in [0.25, 0.3) is 0 Å². The SMILES string of the molecule is OC(Cc1ccccn1)c1ccoc1Cl. The lowest BCUT2D eigenvalue weighted by Crippen LogP contribution is -2.02. The van der Waals surface area contributed by atoms with E-state index in [1.807, 2.05) is 18.2 Å². The molecule has 1 atom stereocenters. The normalized spacial score (nSPS) is 12.7. The van der Waals surface area contributed by atoms with Crippen LogP contribution in [0.25, 0.3) is 0 Å². The topological polar surface area (TPSA) is 46.3 Å². The number of hydrogen-bond donors (Lipinski definition) is 1. The highest BCUT2D eigenvalue weighted by atomic mass is 35.5. The average Bonchev–Trinajstić information content (AvgIpc) is 2.66. The zero-order chi connectivity index (χ0) is 10.7. The summed E-state index contributed by atoms with van der Waals surface area (Å²) in [5, 5.41) is 10.1. The Hall–Kier alpha value is -1.32. The standard InChI is InChI=1S/C11H10ClNO2/c12-11-9(4-6-15-11)10(14)7-8-3-1-2-5-13-8/h1-6,10,14H,7H2. The van der Waals surface area contributed by atoms with Crippen molar-refractivity contribution in [1.29, 1.82) is 0 Å². The van der Waals surface area contributed by atoms with Gasteiger partial charge in [-0.25, -0.2) is 0 Å². The number of pyridine rings is 1. The van der Waals surface area contributed by atoms with Crippen molar-refractivity contribution < 1.29 is 9.52 Å². The molecule has 0 aromatic carbocycles. The van der Waals surface area contributed by atoms with Crippen LogP contribution in [0.15, 0.2) is 41.1 Å². The molecular formula is C11H10ClNO2. The number of halogens is 1. The number of nitrogens with zero attached hydrogens (tertiary/aromatic N) is 1. The highest BCUT2D eigenvalue weighted by Crippen LogP contribution is 2.25. The van der Waals surface area contributed by atoms with Crippen LogP contribution in [0, 0.1) is 0 Å². The predicted molar refractivity (Wildman–Crippen MR) is 56.6 cm³/mol. The molecule has 3 nitrogen and oxygen atoms in total. The van der Waals surface area contributed by atoms with Crippen LogP contribution in [0.4, 0.5) is 0 Å². The van der Waals surface area contributed by atoms with Gasteiger partial charge >= 0.3 is 0 Å². The molecule has 2 heterocycles. The van der Waals surface area contributed by atoms with Gasteiger partial charge in [-0.3, -0.25) is 4.98 Å². The Kier molecular flexibility index (Phi) is 3.04. The van der Waals surface area contributed by atoms with E-state index in [1.165, 1.54) is 6.26 Å². The van der Waals surface area contributed by atoms with Crippen LogP contribution < -0.4 is 0 Å². The van der Waals surface area contributed by atoms with E-state index in [-0.39, 0.29) is 5.22 Å². The predicted octanol–water partition coefficient (Wildman–Crippen LogP) is 2.60. The van der Waals surface area contributed by atoms with E-state index in [9.17, 15) is 5.11 Å². The summed E-state index contributed by atoms with van der Waals surface area (Å²) < 4.78 is 4.91. The monoisotopic (exact) mass is 223 g/mol. The van der Waals surface area contributed by atoms with Gasteiger partial charge in [-0.15, -0.1) is 0 Å². The maximum atomic E-state index is 9.86. The molecule has 2 rings (SSSR count). The van der Waals surface area contributed by atoms with Gasteiger partial charge in [0, 0.05) is 23.9 Å². The molecule has 0 aliphatic heterocycles. The van der Waals surface area contributed by atoms with Crippen molar-refractivity contribution in [3.8, 4) is 0 Å². The highest BCUT2D eigenvalue weighted by Gasteiger charge is 2.14. The van der Waals surface area contributed by atoms with E-state index >= 15 is 0 Å². The minimum atomic E-state index is -0.675. The van der Waals surface area contributed by atoms with Crippen LogP contribution in [-0.4, -0.2) is 10.1 Å². The summed E-state index contributed by atoms with van der Waals surface area (Å²) in [4.78, 5) is 4.12. The number of hydrogen-bond acceptors (Lipinski definition) is 3. The fourth-order valence-electron chi connectivity index (χ4n) is 1.37. The third-order valence-corrected chi connectivity index (χ3v) is 2.44. The van der Waals surface area contributed by atoms with Crippen LogP contribution in [0.2, 0.25) is 5.22 Å². The maximum Gasteiger partial charge on any atom is 0.198 e. The lowest BCUT2D eigenvalue weighted by molar-refractivity contribution is 0.176. The molecule has 0 saturated carbocycles. The highest BCUT2D eigenvalue weighted by molar-refractivity contribution is 6.29. The van der Waals surface area contributed by atoms with Gasteiger partial charge in [0.15, 0.2) is 5.22 Å². The quantitative estimate of drug-likeness (QED) is 0.870. The lowest BCUT2D eigenvalue weighted by Gasteiger charge is -2.07. The molecule has 0 amide bonds. The van der Waals surface area contributed by atoms with Gasteiger partial charge < -0.3 is 9.52 Å². The minimum Gasteiger partial charge on any atom is -0.453 e. The molecule has 0 fully saturated rings. The minimum absolute atomic E-state index is 0.235. The molecule has 4 heteroatoms. The van der Waals surface area contributed by atoms with E-state index in [0.717, 1.165) is 5.69 Å². The van der Waals surface area contributed by atoms with Crippen LogP contribution in [0.5, 0.6) is 0 Å². The first-order chi connectivity index (χ1) is 7.27. The lowest BCUT2D eigenvalue weighted by atomic mass is 10.1. The summed E-state index contributed by atoms with van der Waals surface area (Å²) in [6.07, 6.45) is 2.91. The third-order valence-electron chi connectivity index (χ3n) is 2.13. The number of rotatable bonds is 3. The average molecular weight is 224 g/mol. The first kappa shape index (κ1) is 10.2. The van der Waals surface area contributed by atoms with Crippen molar-refractivity contribution >= 4 is 11.6 Å². The van der Waals surface area contributed by atoms with E-state index in [4.69, 9.17) is 16.0 Å². The van der Waals surface area contributed by atoms with Gasteiger partial charge in [-0.1, -0.05) is 6.07 Å². The summed E-state index contributed by atoms with van der Waals surface area (Å²) in [5.74, 6) is 0. The zero-order valence-corrected chi connectivity index (χ0v) is 8.69. The van der Waals surface area contributed by atoms with Crippen LogP contribution in [0.1, 0.15) is 17.4 Å². The largest absolute Gasteiger partial charge is 0.453 e. The number of aliphatic hydroxyl groups is 1. The fourth-order valence-corrected chi connectivity index (χ4v) is 1.61. The molecule has 2 aromatic heterocycles. The molecule has 78 valence electrons. The Morgan fingerprint density at radius 1 is 1.40 bits per heavy atom. The number of aromatic nitrogens is 1. The van der Waals surface area contributed by atoms with Crippen molar-refractivity contribution in [3.05, 3.63) is 53.2 Å². The van der Waals surface area contributed by atoms with Gasteiger partial charge in [0.05, 0.1) is 12.4 Å². The summed E-state index contributed by atoms with van der Waals surface area (Å²) in [6.45, 7) is 0. The van der Waals surface area contributed by atoms with Crippen molar-refractivity contribution in [2.24, 2.45) is 0 Å². The maximum absolute atomic E-state index is 9.86. The molecule has 1 unspecified atom stereocenters. The molecule has 15 heavy (non-hydrogen) atoms. The molecule has 0 spiro atoms. The van der Waals surface area contributed by atoms with Crippen LogP contribution in [-0.2, 0) is 6.42 Å². The van der Waals surface area contributed by atoms with Crippen molar-refractivity contribution in [1.82, 2.24) is 4.98 Å². The van der Waals surface area contributed by atoms with Crippen molar-refractivity contribution in [3.63, 3.8) is 0 Å². The Morgan fingerprint density at radius 2 is 2.27 bits per heavy atom. The second-order valence-corrected chi connectivity index (χ2v) is 3.53. The molecule has 2 aromatic rings. The van der Waals surface area contributed by atoms with E-state index in [2.05, 4.69) is 4.98 Å². The van der Waals surface area contributed by atoms with E-state index in [0.29, 0.717) is 12.0 Å². The Balaban J connectivity index is 2.11. The van der Waals surface area contributed by atoms with Gasteiger partial charge in [-0.2, -0.15) is 0 Å². The molecule has 0 aliphatic carbocycles. The van der Waals surface area contributed by atoms with Gasteiger partial charge in [0.1, 0.15) is 0 Å². The first-order valence-electron chi connectivity index (χ1n) is 4.58. The zero-order valence-electron chi connectivity index (χ0n) is 7.93. The molecular weight excluding hydrogens is 214 g/mol. The summed E-state index contributed by atoms with van der Waals surface area (Å²) in [6, 6.07) is 7.24. The van der Waals surface area contributed by atoms with E-state index in [1.54, 1.807) is 12.3 Å². The van der Waals surface area contributed by atoms with Gasteiger partial charge in [0.2, 0.25) is 0 Å². The fraction of sp³-hybridized carbons (Fsp3) is 0.182. The van der Waals surface area contributed by atoms with Crippen molar-refractivity contribution in [2.45, 2.75) is 12.5 Å². The Morgan fingerprint density at radius 3 is 2.87 bits per heavy atom. The molecule has 0 bridgehead atoms. The molecule has 0 radical (unpaired) electrons. The third kappa shape index (κ3) is 2.37. The first-order valence-corrected chi connectivity index (χ1v) is 4.96. The van der Waals surface area contributed by atoms with Crippen LogP contribution in [0.3, 0.4) is 0 Å². The van der Waals surface area contributed by atoms with Crippen molar-refractivity contribution in [2.75, 3.05) is 0 Å². The molecule has 1 N–H and O–H groups in total. The van der Waals surface area contributed by atoms with E-state index < -0.39 is 6.10 Å². The molecule has 0 saturated heterocycles. The van der Waals surface area contributed by atoms with Gasteiger partial charge in [-0.05, 0) is 29.8 Å². The Bertz CT molecular complexity index is 427. The smallest absolute Gasteiger partial charge is 0.198 e. The Labute approximate surface area is 92.3 Å². The summed E-state index contributed by atoms with van der Waals surface area (Å²) >= 11 is 5.75. The summed E-state index contributed by atoms with van der Waals surface area (Å²) in [7, 11) is 0. The molecule has 0 aliphatic rings. The number of furan rings is 1. The summed E-state index contributed by atoms with van der Waals surface area (Å²) in [5.41, 5.74) is 1.42.